The third-order valence-electron chi connectivity index (χ3n) is 7.13. The van der Waals surface area contributed by atoms with Crippen molar-refractivity contribution in [1.29, 1.82) is 0 Å². The first-order valence-electron chi connectivity index (χ1n) is 13.0. The fourth-order valence-electron chi connectivity index (χ4n) is 5.07. The van der Waals surface area contributed by atoms with Gasteiger partial charge in [0.05, 0.1) is 5.39 Å². The summed E-state index contributed by atoms with van der Waals surface area (Å²) < 4.78 is 7.84. The number of amides is 1. The van der Waals surface area contributed by atoms with Gasteiger partial charge in [0, 0.05) is 48.6 Å². The minimum Gasteiger partial charge on any atom is -0.484 e. The van der Waals surface area contributed by atoms with Gasteiger partial charge in [-0.1, -0.05) is 60.1 Å². The van der Waals surface area contributed by atoms with Crippen molar-refractivity contribution >= 4 is 34.4 Å². The number of halogens is 1. The Labute approximate surface area is 232 Å². The standard InChI is InChI=1S/C31H28ClN5O2/c1-22-7-5-6-10-27(22)37-19-26(23-8-3-2-4-9-23)29-30(33-21-34-31(29)37)36-17-15-35(16-18-36)28(38)20-39-25-13-11-24(32)12-14-25/h2-14,19,21H,15-18,20H2,1H3. The topological polar surface area (TPSA) is 63.5 Å². The predicted octanol–water partition coefficient (Wildman–Crippen LogP) is 5.78. The van der Waals surface area contributed by atoms with E-state index in [9.17, 15) is 4.79 Å². The van der Waals surface area contributed by atoms with E-state index in [4.69, 9.17) is 26.3 Å². The second-order valence-corrected chi connectivity index (χ2v) is 10.0. The number of hydrogen-bond acceptors (Lipinski definition) is 5. The minimum absolute atomic E-state index is 0.00316. The molecule has 1 fully saturated rings. The second-order valence-electron chi connectivity index (χ2n) is 9.57. The van der Waals surface area contributed by atoms with E-state index >= 15 is 0 Å². The first-order chi connectivity index (χ1) is 19.1. The van der Waals surface area contributed by atoms with Gasteiger partial charge in [0.25, 0.3) is 5.91 Å². The summed E-state index contributed by atoms with van der Waals surface area (Å²) >= 11 is 5.93. The number of benzene rings is 3. The fourth-order valence-corrected chi connectivity index (χ4v) is 5.20. The zero-order chi connectivity index (χ0) is 26.8. The molecule has 0 N–H and O–H groups in total. The van der Waals surface area contributed by atoms with E-state index in [1.165, 1.54) is 5.56 Å². The van der Waals surface area contributed by atoms with Gasteiger partial charge in [0.1, 0.15) is 17.9 Å². The van der Waals surface area contributed by atoms with Gasteiger partial charge in [-0.05, 0) is 48.4 Å². The van der Waals surface area contributed by atoms with Crippen LogP contribution in [0.15, 0.2) is 91.4 Å². The van der Waals surface area contributed by atoms with Crippen molar-refractivity contribution in [3.05, 3.63) is 102 Å². The van der Waals surface area contributed by atoms with Crippen LogP contribution >= 0.6 is 11.6 Å². The lowest BCUT2D eigenvalue weighted by molar-refractivity contribution is -0.133. The minimum atomic E-state index is -0.0342. The van der Waals surface area contributed by atoms with Crippen molar-refractivity contribution < 1.29 is 9.53 Å². The van der Waals surface area contributed by atoms with Gasteiger partial charge in [-0.25, -0.2) is 9.97 Å². The molecule has 3 aromatic carbocycles. The number of aryl methyl sites for hydroxylation is 1. The van der Waals surface area contributed by atoms with E-state index in [-0.39, 0.29) is 12.5 Å². The molecule has 7 nitrogen and oxygen atoms in total. The molecule has 3 heterocycles. The van der Waals surface area contributed by atoms with Gasteiger partial charge in [-0.15, -0.1) is 0 Å². The van der Waals surface area contributed by atoms with Crippen LogP contribution in [0.3, 0.4) is 0 Å². The molecule has 0 unspecified atom stereocenters. The summed E-state index contributed by atoms with van der Waals surface area (Å²) in [6.07, 6.45) is 3.80. The highest BCUT2D eigenvalue weighted by Gasteiger charge is 2.26. The lowest BCUT2D eigenvalue weighted by atomic mass is 10.1. The van der Waals surface area contributed by atoms with Crippen molar-refractivity contribution in [1.82, 2.24) is 19.4 Å². The summed E-state index contributed by atoms with van der Waals surface area (Å²) in [7, 11) is 0. The van der Waals surface area contributed by atoms with Crippen LogP contribution in [0.2, 0.25) is 5.02 Å². The lowest BCUT2D eigenvalue weighted by Crippen LogP contribution is -2.50. The SMILES string of the molecule is Cc1ccccc1-n1cc(-c2ccccc2)c2c(N3CCN(C(=O)COc4ccc(Cl)cc4)CC3)ncnc21. The molecule has 196 valence electrons. The van der Waals surface area contributed by atoms with Crippen molar-refractivity contribution in [2.75, 3.05) is 37.7 Å². The summed E-state index contributed by atoms with van der Waals surface area (Å²) in [6.45, 7) is 4.63. The van der Waals surface area contributed by atoms with E-state index in [0.29, 0.717) is 37.0 Å². The predicted molar refractivity (Wildman–Crippen MR) is 155 cm³/mol. The second kappa shape index (κ2) is 10.8. The third-order valence-corrected chi connectivity index (χ3v) is 7.38. The van der Waals surface area contributed by atoms with Crippen LogP contribution in [0.5, 0.6) is 5.75 Å². The summed E-state index contributed by atoms with van der Waals surface area (Å²) in [5, 5.41) is 1.64. The molecule has 1 saturated heterocycles. The summed E-state index contributed by atoms with van der Waals surface area (Å²) in [5.41, 5.74) is 5.31. The average Bonchev–Trinajstić information content (AvgIpc) is 3.37. The summed E-state index contributed by atoms with van der Waals surface area (Å²) in [5.74, 6) is 1.48. The Kier molecular flexibility index (Phi) is 6.90. The van der Waals surface area contributed by atoms with E-state index in [2.05, 4.69) is 46.9 Å². The van der Waals surface area contributed by atoms with Gasteiger partial charge in [0.15, 0.2) is 12.3 Å². The molecule has 0 aliphatic carbocycles. The average molecular weight is 538 g/mol. The molecule has 5 aromatic rings. The maximum Gasteiger partial charge on any atom is 0.260 e. The highest BCUT2D eigenvalue weighted by atomic mass is 35.5. The molecule has 8 heteroatoms. The number of hydrogen-bond donors (Lipinski definition) is 0. The number of piperazine rings is 1. The molecule has 2 aromatic heterocycles. The van der Waals surface area contributed by atoms with Crippen LogP contribution in [0.25, 0.3) is 27.8 Å². The largest absolute Gasteiger partial charge is 0.484 e. The Morgan fingerprint density at radius 1 is 0.897 bits per heavy atom. The molecule has 1 aliphatic rings. The highest BCUT2D eigenvalue weighted by molar-refractivity contribution is 6.30. The molecule has 0 radical (unpaired) electrons. The van der Waals surface area contributed by atoms with Crippen molar-refractivity contribution in [2.24, 2.45) is 0 Å². The van der Waals surface area contributed by atoms with Gasteiger partial charge >= 0.3 is 0 Å². The first-order valence-corrected chi connectivity index (χ1v) is 13.3. The van der Waals surface area contributed by atoms with Crippen molar-refractivity contribution in [3.63, 3.8) is 0 Å². The molecule has 0 spiro atoms. The zero-order valence-corrected chi connectivity index (χ0v) is 22.4. The van der Waals surface area contributed by atoms with Gasteiger partial charge in [-0.3, -0.25) is 4.79 Å². The number of ether oxygens (including phenoxy) is 1. The normalized spacial score (nSPS) is 13.6. The quantitative estimate of drug-likeness (QED) is 0.275. The van der Waals surface area contributed by atoms with Crippen LogP contribution in [0, 0.1) is 6.92 Å². The molecule has 0 saturated carbocycles. The molecule has 1 amide bonds. The van der Waals surface area contributed by atoms with Crippen molar-refractivity contribution in [2.45, 2.75) is 6.92 Å². The van der Waals surface area contributed by atoms with Crippen LogP contribution in [0.1, 0.15) is 5.56 Å². The number of aromatic nitrogens is 3. The highest BCUT2D eigenvalue weighted by Crippen LogP contribution is 2.37. The zero-order valence-electron chi connectivity index (χ0n) is 21.6. The Morgan fingerprint density at radius 2 is 1.62 bits per heavy atom. The Bertz CT molecular complexity index is 1610. The number of para-hydroxylation sites is 1. The smallest absolute Gasteiger partial charge is 0.260 e. The van der Waals surface area contributed by atoms with Crippen LogP contribution in [-0.4, -0.2) is 58.1 Å². The van der Waals surface area contributed by atoms with E-state index in [1.807, 2.05) is 35.2 Å². The number of rotatable bonds is 6. The molecular weight excluding hydrogens is 510 g/mol. The Balaban J connectivity index is 1.27. The van der Waals surface area contributed by atoms with Crippen LogP contribution < -0.4 is 9.64 Å². The number of carbonyl (C=O) groups is 1. The van der Waals surface area contributed by atoms with E-state index < -0.39 is 0 Å². The van der Waals surface area contributed by atoms with Crippen molar-refractivity contribution in [3.8, 4) is 22.6 Å². The maximum absolute atomic E-state index is 12.9. The summed E-state index contributed by atoms with van der Waals surface area (Å²) in [6, 6.07) is 25.7. The molecule has 6 rings (SSSR count). The maximum atomic E-state index is 12.9. The Hall–Kier alpha value is -4.36. The molecule has 39 heavy (non-hydrogen) atoms. The monoisotopic (exact) mass is 537 g/mol. The molecular formula is C31H28ClN5O2. The molecule has 0 bridgehead atoms. The summed E-state index contributed by atoms with van der Waals surface area (Å²) in [4.78, 5) is 26.5. The number of anilines is 1. The van der Waals surface area contributed by atoms with Crippen LogP contribution in [-0.2, 0) is 4.79 Å². The molecule has 0 atom stereocenters. The lowest BCUT2D eigenvalue weighted by Gasteiger charge is -2.35. The fraction of sp³-hybridized carbons (Fsp3) is 0.194. The third kappa shape index (κ3) is 5.05. The van der Waals surface area contributed by atoms with Crippen LogP contribution in [0.4, 0.5) is 5.82 Å². The van der Waals surface area contributed by atoms with Gasteiger partial charge < -0.3 is 19.1 Å². The Morgan fingerprint density at radius 3 is 2.36 bits per heavy atom. The van der Waals surface area contributed by atoms with E-state index in [1.54, 1.807) is 30.6 Å². The first kappa shape index (κ1) is 24.9. The number of carbonyl (C=O) groups excluding carboxylic acids is 1. The van der Waals surface area contributed by atoms with E-state index in [0.717, 1.165) is 33.7 Å². The van der Waals surface area contributed by atoms with Gasteiger partial charge in [0.2, 0.25) is 0 Å². The number of nitrogens with zero attached hydrogens (tertiary/aromatic N) is 5. The molecule has 1 aliphatic heterocycles. The number of fused-ring (bicyclic) bond motifs is 1. The van der Waals surface area contributed by atoms with Gasteiger partial charge in [-0.2, -0.15) is 0 Å².